The van der Waals surface area contributed by atoms with Gasteiger partial charge in [0, 0.05) is 17.1 Å². The number of carbonyl (C=O) groups is 1. The van der Waals surface area contributed by atoms with Gasteiger partial charge in [-0.25, -0.2) is 9.78 Å². The smallest absolute Gasteiger partial charge is 0.354 e. The van der Waals surface area contributed by atoms with Crippen molar-refractivity contribution in [2.45, 2.75) is 0 Å². The molecule has 0 fully saturated rings. The largest absolute Gasteiger partial charge is 0.477 e. The quantitative estimate of drug-likeness (QED) is 0.743. The highest BCUT2D eigenvalue weighted by Crippen LogP contribution is 2.27. The van der Waals surface area contributed by atoms with Crippen molar-refractivity contribution in [3.63, 3.8) is 0 Å². The van der Waals surface area contributed by atoms with E-state index in [1.54, 1.807) is 12.3 Å². The SMILES string of the molecule is Nc1nc(C(=O)O)ccc1-c1ccc2ncccc2c1. The van der Waals surface area contributed by atoms with Crippen molar-refractivity contribution < 1.29 is 9.90 Å². The van der Waals surface area contributed by atoms with Crippen LogP contribution in [0.25, 0.3) is 22.0 Å². The predicted molar refractivity (Wildman–Crippen MR) is 76.3 cm³/mol. The molecular weight excluding hydrogens is 254 g/mol. The Bertz CT molecular complexity index is 815. The second-order valence-electron chi connectivity index (χ2n) is 4.35. The molecule has 20 heavy (non-hydrogen) atoms. The summed E-state index contributed by atoms with van der Waals surface area (Å²) in [6.45, 7) is 0. The topological polar surface area (TPSA) is 89.1 Å². The molecule has 0 aliphatic rings. The maximum absolute atomic E-state index is 10.8. The highest BCUT2D eigenvalue weighted by molar-refractivity contribution is 5.89. The number of anilines is 1. The number of aromatic carboxylic acids is 1. The summed E-state index contributed by atoms with van der Waals surface area (Å²) in [5.74, 6) is -0.890. The zero-order valence-corrected chi connectivity index (χ0v) is 10.4. The summed E-state index contributed by atoms with van der Waals surface area (Å²) in [4.78, 5) is 19.0. The molecule has 0 aliphatic heterocycles. The minimum Gasteiger partial charge on any atom is -0.477 e. The fraction of sp³-hybridized carbons (Fsp3) is 0. The van der Waals surface area contributed by atoms with E-state index < -0.39 is 5.97 Å². The molecular formula is C15H11N3O2. The van der Waals surface area contributed by atoms with Crippen molar-refractivity contribution >= 4 is 22.7 Å². The summed E-state index contributed by atoms with van der Waals surface area (Å²) >= 11 is 0. The Kier molecular flexibility index (Phi) is 2.80. The number of hydrogen-bond donors (Lipinski definition) is 2. The fourth-order valence-corrected chi connectivity index (χ4v) is 2.08. The van der Waals surface area contributed by atoms with Crippen LogP contribution < -0.4 is 5.73 Å². The summed E-state index contributed by atoms with van der Waals surface area (Å²) < 4.78 is 0. The number of carboxylic acid groups (broad SMARTS) is 1. The van der Waals surface area contributed by atoms with Crippen LogP contribution in [0.1, 0.15) is 10.5 Å². The summed E-state index contributed by atoms with van der Waals surface area (Å²) in [7, 11) is 0. The molecule has 0 unspecified atom stereocenters. The first-order chi connectivity index (χ1) is 9.65. The first kappa shape index (κ1) is 12.1. The van der Waals surface area contributed by atoms with Gasteiger partial charge in [-0.2, -0.15) is 0 Å². The Morgan fingerprint density at radius 1 is 1.15 bits per heavy atom. The van der Waals surface area contributed by atoms with Gasteiger partial charge in [-0.1, -0.05) is 12.1 Å². The first-order valence-electron chi connectivity index (χ1n) is 6.00. The van der Waals surface area contributed by atoms with Gasteiger partial charge in [0.1, 0.15) is 5.82 Å². The van der Waals surface area contributed by atoms with E-state index in [0.717, 1.165) is 16.5 Å². The lowest BCUT2D eigenvalue weighted by Gasteiger charge is -2.07. The molecule has 3 rings (SSSR count). The number of benzene rings is 1. The van der Waals surface area contributed by atoms with Gasteiger partial charge < -0.3 is 10.8 Å². The zero-order chi connectivity index (χ0) is 14.1. The molecule has 3 N–H and O–H groups in total. The van der Waals surface area contributed by atoms with Crippen molar-refractivity contribution in [1.82, 2.24) is 9.97 Å². The Morgan fingerprint density at radius 3 is 2.75 bits per heavy atom. The Morgan fingerprint density at radius 2 is 2.00 bits per heavy atom. The van der Waals surface area contributed by atoms with Gasteiger partial charge in [0.15, 0.2) is 5.69 Å². The van der Waals surface area contributed by atoms with Crippen LogP contribution in [0, 0.1) is 0 Å². The molecule has 0 bridgehead atoms. The van der Waals surface area contributed by atoms with Crippen LogP contribution in [0.3, 0.4) is 0 Å². The maximum atomic E-state index is 10.8. The van der Waals surface area contributed by atoms with Gasteiger partial charge >= 0.3 is 5.97 Å². The van der Waals surface area contributed by atoms with Crippen LogP contribution in [0.5, 0.6) is 0 Å². The Labute approximate surface area is 114 Å². The van der Waals surface area contributed by atoms with Crippen LogP contribution >= 0.6 is 0 Å². The summed E-state index contributed by atoms with van der Waals surface area (Å²) in [6.07, 6.45) is 1.74. The van der Waals surface area contributed by atoms with Crippen LogP contribution in [-0.4, -0.2) is 21.0 Å². The van der Waals surface area contributed by atoms with E-state index >= 15 is 0 Å². The standard InChI is InChI=1S/C15H11N3O2/c16-14-11(4-6-13(18-14)15(19)20)9-3-5-12-10(8-9)2-1-7-17-12/h1-8H,(H2,16,18)(H,19,20). The number of aromatic nitrogens is 2. The highest BCUT2D eigenvalue weighted by atomic mass is 16.4. The van der Waals surface area contributed by atoms with Crippen LogP contribution in [0.15, 0.2) is 48.7 Å². The number of carboxylic acids is 1. The molecule has 0 aliphatic carbocycles. The second kappa shape index (κ2) is 4.62. The number of rotatable bonds is 2. The molecule has 3 aromatic rings. The van der Waals surface area contributed by atoms with Gasteiger partial charge in [0.25, 0.3) is 0 Å². The minimum atomic E-state index is -1.09. The molecule has 0 spiro atoms. The van der Waals surface area contributed by atoms with E-state index in [2.05, 4.69) is 9.97 Å². The molecule has 5 nitrogen and oxygen atoms in total. The number of hydrogen-bond acceptors (Lipinski definition) is 4. The van der Waals surface area contributed by atoms with Gasteiger partial charge in [0.2, 0.25) is 0 Å². The normalized spacial score (nSPS) is 10.6. The average Bonchev–Trinajstić information content (AvgIpc) is 2.46. The molecule has 0 radical (unpaired) electrons. The van der Waals surface area contributed by atoms with Gasteiger partial charge in [-0.15, -0.1) is 0 Å². The lowest BCUT2D eigenvalue weighted by Crippen LogP contribution is -2.04. The predicted octanol–water partition coefficient (Wildman–Crippen LogP) is 2.58. The molecule has 0 atom stereocenters. The van der Waals surface area contributed by atoms with Crippen molar-refractivity contribution in [3.8, 4) is 11.1 Å². The van der Waals surface area contributed by atoms with E-state index in [0.29, 0.717) is 5.56 Å². The fourth-order valence-electron chi connectivity index (χ4n) is 2.08. The van der Waals surface area contributed by atoms with Crippen LogP contribution in [0.4, 0.5) is 5.82 Å². The number of fused-ring (bicyclic) bond motifs is 1. The van der Waals surface area contributed by atoms with Crippen molar-refractivity contribution in [1.29, 1.82) is 0 Å². The Balaban J connectivity index is 2.13. The summed E-state index contributed by atoms with van der Waals surface area (Å²) in [5, 5.41) is 9.88. The lowest BCUT2D eigenvalue weighted by atomic mass is 10.0. The van der Waals surface area contributed by atoms with Gasteiger partial charge in [-0.05, 0) is 35.9 Å². The third-order valence-electron chi connectivity index (χ3n) is 3.06. The van der Waals surface area contributed by atoms with E-state index in [4.69, 9.17) is 10.8 Å². The van der Waals surface area contributed by atoms with E-state index in [-0.39, 0.29) is 11.5 Å². The monoisotopic (exact) mass is 265 g/mol. The average molecular weight is 265 g/mol. The first-order valence-corrected chi connectivity index (χ1v) is 6.00. The maximum Gasteiger partial charge on any atom is 0.354 e. The minimum absolute atomic E-state index is 0.0614. The van der Waals surface area contributed by atoms with E-state index in [1.807, 2.05) is 30.3 Å². The molecule has 98 valence electrons. The van der Waals surface area contributed by atoms with Crippen molar-refractivity contribution in [2.24, 2.45) is 0 Å². The molecule has 0 saturated heterocycles. The zero-order valence-electron chi connectivity index (χ0n) is 10.4. The number of nitrogens with zero attached hydrogens (tertiary/aromatic N) is 2. The number of pyridine rings is 2. The molecule has 0 amide bonds. The van der Waals surface area contributed by atoms with Gasteiger partial charge in [0.05, 0.1) is 5.52 Å². The van der Waals surface area contributed by atoms with Gasteiger partial charge in [-0.3, -0.25) is 4.98 Å². The summed E-state index contributed by atoms with van der Waals surface area (Å²) in [6, 6.07) is 12.7. The molecule has 1 aromatic carbocycles. The molecule has 5 heteroatoms. The molecule has 2 heterocycles. The van der Waals surface area contributed by atoms with E-state index in [1.165, 1.54) is 6.07 Å². The van der Waals surface area contributed by atoms with Crippen LogP contribution in [0.2, 0.25) is 0 Å². The van der Waals surface area contributed by atoms with Crippen molar-refractivity contribution in [2.75, 3.05) is 5.73 Å². The third-order valence-corrected chi connectivity index (χ3v) is 3.06. The third kappa shape index (κ3) is 2.05. The van der Waals surface area contributed by atoms with Crippen LogP contribution in [-0.2, 0) is 0 Å². The number of nitrogens with two attached hydrogens (primary N) is 1. The Hall–Kier alpha value is -2.95. The summed E-state index contributed by atoms with van der Waals surface area (Å²) in [5.41, 5.74) is 8.27. The second-order valence-corrected chi connectivity index (χ2v) is 4.35. The lowest BCUT2D eigenvalue weighted by molar-refractivity contribution is 0.0690. The highest BCUT2D eigenvalue weighted by Gasteiger charge is 2.10. The van der Waals surface area contributed by atoms with E-state index in [9.17, 15) is 4.79 Å². The molecule has 2 aromatic heterocycles. The molecule has 0 saturated carbocycles. The van der Waals surface area contributed by atoms with Crippen molar-refractivity contribution in [3.05, 3.63) is 54.4 Å². The number of nitrogen functional groups attached to an aromatic ring is 1.